The first-order valence-corrected chi connectivity index (χ1v) is 5.25. The summed E-state index contributed by atoms with van der Waals surface area (Å²) in [6, 6.07) is 0. The van der Waals surface area contributed by atoms with E-state index in [9.17, 15) is 14.0 Å². The molecule has 7 heteroatoms. The Bertz CT molecular complexity index is 524. The molecule has 2 rings (SSSR count). The first-order chi connectivity index (χ1) is 8.02. The number of ether oxygens (including phenoxy) is 1. The number of nitrogens with zero attached hydrogens (tertiary/aromatic N) is 1. The van der Waals surface area contributed by atoms with Crippen LogP contribution in [0.25, 0.3) is 0 Å². The predicted octanol–water partition coefficient (Wildman–Crippen LogP) is -0.537. The minimum atomic E-state index is -1.32. The van der Waals surface area contributed by atoms with Crippen LogP contribution in [0.1, 0.15) is 18.2 Å². The highest BCUT2D eigenvalue weighted by atomic mass is 19.1. The molecule has 3 atom stereocenters. The van der Waals surface area contributed by atoms with Gasteiger partial charge in [-0.15, -0.1) is 0 Å². The molecule has 0 aliphatic carbocycles. The highest BCUT2D eigenvalue weighted by molar-refractivity contribution is 5.02. The van der Waals surface area contributed by atoms with E-state index in [1.807, 2.05) is 0 Å². The lowest BCUT2D eigenvalue weighted by Crippen LogP contribution is -2.33. The number of aromatic amines is 1. The van der Waals surface area contributed by atoms with Crippen LogP contribution in [-0.4, -0.2) is 33.5 Å². The second-order valence-electron chi connectivity index (χ2n) is 4.04. The molecule has 0 saturated carbocycles. The summed E-state index contributed by atoms with van der Waals surface area (Å²) >= 11 is 0. The van der Waals surface area contributed by atoms with Gasteiger partial charge in [-0.3, -0.25) is 14.3 Å². The molecule has 2 heterocycles. The fraction of sp³-hybridized carbons (Fsp3) is 0.600. The largest absolute Gasteiger partial charge is 0.394 e. The molecule has 0 spiro atoms. The van der Waals surface area contributed by atoms with Crippen molar-refractivity contribution in [3.05, 3.63) is 32.6 Å². The highest BCUT2D eigenvalue weighted by Gasteiger charge is 2.36. The first-order valence-electron chi connectivity index (χ1n) is 5.25. The maximum absolute atomic E-state index is 13.4. The van der Waals surface area contributed by atoms with Gasteiger partial charge in [0.1, 0.15) is 18.5 Å². The maximum Gasteiger partial charge on any atom is 0.330 e. The van der Waals surface area contributed by atoms with Crippen molar-refractivity contribution in [3.63, 3.8) is 0 Å². The van der Waals surface area contributed by atoms with Gasteiger partial charge in [0.15, 0.2) is 0 Å². The van der Waals surface area contributed by atoms with Crippen LogP contribution in [0.3, 0.4) is 0 Å². The van der Waals surface area contributed by atoms with Crippen LogP contribution in [0.4, 0.5) is 4.39 Å². The Morgan fingerprint density at radius 2 is 2.35 bits per heavy atom. The molecule has 1 saturated heterocycles. The Kier molecular flexibility index (Phi) is 3.12. The van der Waals surface area contributed by atoms with Crippen molar-refractivity contribution in [2.45, 2.75) is 31.8 Å². The molecule has 0 amide bonds. The summed E-state index contributed by atoms with van der Waals surface area (Å²) in [6.07, 6.45) is -1.71. The van der Waals surface area contributed by atoms with Gasteiger partial charge in [0.25, 0.3) is 5.56 Å². The van der Waals surface area contributed by atoms with Crippen LogP contribution in [-0.2, 0) is 4.74 Å². The number of aliphatic hydroxyl groups excluding tert-OH is 1. The van der Waals surface area contributed by atoms with Crippen molar-refractivity contribution in [1.82, 2.24) is 9.55 Å². The number of hydrogen-bond acceptors (Lipinski definition) is 4. The third kappa shape index (κ3) is 2.16. The van der Waals surface area contributed by atoms with Gasteiger partial charge in [0, 0.05) is 18.2 Å². The summed E-state index contributed by atoms with van der Waals surface area (Å²) in [5, 5.41) is 8.86. The lowest BCUT2D eigenvalue weighted by atomic mass is 10.2. The summed E-state index contributed by atoms with van der Waals surface area (Å²) in [5.41, 5.74) is -0.771. The lowest BCUT2D eigenvalue weighted by Gasteiger charge is -2.14. The van der Waals surface area contributed by atoms with E-state index >= 15 is 0 Å². The highest BCUT2D eigenvalue weighted by Crippen LogP contribution is 2.29. The van der Waals surface area contributed by atoms with Gasteiger partial charge in [0.2, 0.25) is 0 Å². The van der Waals surface area contributed by atoms with Crippen LogP contribution in [0.2, 0.25) is 0 Å². The third-order valence-electron chi connectivity index (χ3n) is 2.80. The number of nitrogens with one attached hydrogen (secondary N) is 1. The molecule has 0 aromatic carbocycles. The van der Waals surface area contributed by atoms with Gasteiger partial charge in [-0.25, -0.2) is 9.18 Å². The van der Waals surface area contributed by atoms with Gasteiger partial charge in [-0.2, -0.15) is 0 Å². The third-order valence-corrected chi connectivity index (χ3v) is 2.80. The number of aryl methyl sites for hydroxylation is 1. The van der Waals surface area contributed by atoms with E-state index in [1.165, 1.54) is 6.20 Å². The average Bonchev–Trinajstić information content (AvgIpc) is 2.65. The molecular weight excluding hydrogens is 231 g/mol. The Morgan fingerprint density at radius 1 is 1.65 bits per heavy atom. The Morgan fingerprint density at radius 3 is 2.94 bits per heavy atom. The summed E-state index contributed by atoms with van der Waals surface area (Å²) in [4.78, 5) is 24.8. The molecule has 1 unspecified atom stereocenters. The molecule has 1 fully saturated rings. The zero-order valence-corrected chi connectivity index (χ0v) is 9.22. The number of H-pyrrole nitrogens is 1. The molecule has 1 aromatic heterocycles. The van der Waals surface area contributed by atoms with Crippen LogP contribution in [0.5, 0.6) is 0 Å². The minimum Gasteiger partial charge on any atom is -0.394 e. The number of alkyl halides is 1. The number of aromatic nitrogens is 2. The van der Waals surface area contributed by atoms with E-state index in [1.54, 1.807) is 6.92 Å². The SMILES string of the molecule is Cc1cn([C@@H]2CC(F)[C@H](CO)O2)c(=O)[nH]c1=O. The Hall–Kier alpha value is -1.47. The molecule has 1 aliphatic heterocycles. The standard InChI is InChI=1S/C10H13FN2O4/c1-5-3-13(10(16)12-9(5)15)8-2-6(11)7(4-14)17-8/h3,6-8,14H,2,4H2,1H3,(H,12,15,16)/t6?,7-,8-/m0/s1. The molecule has 6 nitrogen and oxygen atoms in total. The zero-order valence-electron chi connectivity index (χ0n) is 9.22. The van der Waals surface area contributed by atoms with Crippen molar-refractivity contribution >= 4 is 0 Å². The molecule has 0 radical (unpaired) electrons. The molecule has 1 aliphatic rings. The molecule has 94 valence electrons. The molecule has 2 N–H and O–H groups in total. The topological polar surface area (TPSA) is 84.3 Å². The number of halogens is 1. The first kappa shape index (κ1) is 12.0. The van der Waals surface area contributed by atoms with Crippen molar-refractivity contribution in [2.24, 2.45) is 0 Å². The Balaban J connectivity index is 2.34. The quantitative estimate of drug-likeness (QED) is 0.732. The average molecular weight is 244 g/mol. The van der Waals surface area contributed by atoms with Gasteiger partial charge in [-0.05, 0) is 6.92 Å². The van der Waals surface area contributed by atoms with Crippen molar-refractivity contribution < 1.29 is 14.2 Å². The minimum absolute atomic E-state index is 0.0172. The Labute approximate surface area is 95.7 Å². The van der Waals surface area contributed by atoms with Crippen LogP contribution in [0, 0.1) is 6.92 Å². The summed E-state index contributed by atoms with van der Waals surface area (Å²) in [7, 11) is 0. The molecule has 1 aromatic rings. The van der Waals surface area contributed by atoms with E-state index in [-0.39, 0.29) is 6.42 Å². The molecule has 17 heavy (non-hydrogen) atoms. The number of aliphatic hydroxyl groups is 1. The van der Waals surface area contributed by atoms with Crippen molar-refractivity contribution in [2.75, 3.05) is 6.61 Å². The second-order valence-corrected chi connectivity index (χ2v) is 4.04. The van der Waals surface area contributed by atoms with Crippen LogP contribution < -0.4 is 11.2 Å². The van der Waals surface area contributed by atoms with Crippen molar-refractivity contribution in [1.29, 1.82) is 0 Å². The molecular formula is C10H13FN2O4. The fourth-order valence-electron chi connectivity index (χ4n) is 1.82. The second kappa shape index (κ2) is 4.42. The van der Waals surface area contributed by atoms with E-state index in [0.29, 0.717) is 5.56 Å². The smallest absolute Gasteiger partial charge is 0.330 e. The summed E-state index contributed by atoms with van der Waals surface area (Å²) in [6.45, 7) is 1.11. The fourth-order valence-corrected chi connectivity index (χ4v) is 1.82. The zero-order chi connectivity index (χ0) is 12.6. The van der Waals surface area contributed by atoms with E-state index in [2.05, 4.69) is 4.98 Å². The summed E-state index contributed by atoms with van der Waals surface area (Å²) < 4.78 is 19.7. The number of hydrogen-bond donors (Lipinski definition) is 2. The van der Waals surface area contributed by atoms with E-state index in [0.717, 1.165) is 4.57 Å². The van der Waals surface area contributed by atoms with Crippen LogP contribution >= 0.6 is 0 Å². The van der Waals surface area contributed by atoms with E-state index < -0.39 is 36.4 Å². The monoisotopic (exact) mass is 244 g/mol. The lowest BCUT2D eigenvalue weighted by molar-refractivity contribution is -0.0356. The van der Waals surface area contributed by atoms with E-state index in [4.69, 9.17) is 9.84 Å². The number of rotatable bonds is 2. The van der Waals surface area contributed by atoms with Gasteiger partial charge < -0.3 is 9.84 Å². The predicted molar refractivity (Wildman–Crippen MR) is 56.6 cm³/mol. The van der Waals surface area contributed by atoms with Gasteiger partial charge in [0.05, 0.1) is 6.61 Å². The van der Waals surface area contributed by atoms with Gasteiger partial charge >= 0.3 is 5.69 Å². The maximum atomic E-state index is 13.4. The van der Waals surface area contributed by atoms with Crippen LogP contribution in [0.15, 0.2) is 15.8 Å². The normalized spacial score (nSPS) is 28.5. The van der Waals surface area contributed by atoms with Gasteiger partial charge in [-0.1, -0.05) is 0 Å². The van der Waals surface area contributed by atoms with Crippen molar-refractivity contribution in [3.8, 4) is 0 Å². The molecule has 0 bridgehead atoms. The summed E-state index contributed by atoms with van der Waals surface area (Å²) in [5.74, 6) is 0.